The standard InChI is InChI=1S/C24H18O5/c1-15-6-8-16(9-7-15)12-22-23(25)20-11-10-19(14-21(20)29-22)28-24(26)17-4-3-5-18(13-17)27-2/h3-14H,1-2H3. The molecule has 0 spiro atoms. The summed E-state index contributed by atoms with van der Waals surface area (Å²) in [7, 11) is 1.53. The summed E-state index contributed by atoms with van der Waals surface area (Å²) in [4.78, 5) is 25.0. The molecule has 0 aromatic heterocycles. The first-order valence-electron chi connectivity index (χ1n) is 9.05. The van der Waals surface area contributed by atoms with Crippen molar-refractivity contribution in [3.8, 4) is 17.2 Å². The van der Waals surface area contributed by atoms with E-state index in [0.717, 1.165) is 11.1 Å². The molecule has 0 unspecified atom stereocenters. The normalized spacial score (nSPS) is 13.7. The lowest BCUT2D eigenvalue weighted by Crippen LogP contribution is -2.08. The van der Waals surface area contributed by atoms with E-state index in [9.17, 15) is 9.59 Å². The molecule has 0 atom stereocenters. The second-order valence-electron chi connectivity index (χ2n) is 6.63. The van der Waals surface area contributed by atoms with Crippen LogP contribution in [0, 0.1) is 6.92 Å². The Bertz CT molecular complexity index is 1130. The summed E-state index contributed by atoms with van der Waals surface area (Å²) in [5.74, 6) is 0.730. The zero-order chi connectivity index (χ0) is 20.4. The number of hydrogen-bond acceptors (Lipinski definition) is 5. The van der Waals surface area contributed by atoms with E-state index in [1.165, 1.54) is 7.11 Å². The number of benzene rings is 3. The first-order valence-corrected chi connectivity index (χ1v) is 9.05. The zero-order valence-electron chi connectivity index (χ0n) is 16.0. The van der Waals surface area contributed by atoms with Gasteiger partial charge in [-0.2, -0.15) is 0 Å². The highest BCUT2D eigenvalue weighted by atomic mass is 16.5. The van der Waals surface area contributed by atoms with Gasteiger partial charge in [-0.15, -0.1) is 0 Å². The number of Topliss-reactive ketones (excluding diaryl/α,β-unsaturated/α-hetero) is 1. The van der Waals surface area contributed by atoms with Crippen LogP contribution in [0.3, 0.4) is 0 Å². The fourth-order valence-corrected chi connectivity index (χ4v) is 2.96. The molecule has 3 aromatic carbocycles. The number of ether oxygens (including phenoxy) is 3. The van der Waals surface area contributed by atoms with Gasteiger partial charge >= 0.3 is 5.97 Å². The van der Waals surface area contributed by atoms with Crippen molar-refractivity contribution in [2.24, 2.45) is 0 Å². The molecule has 3 aromatic rings. The van der Waals surface area contributed by atoms with Gasteiger partial charge in [0.25, 0.3) is 0 Å². The van der Waals surface area contributed by atoms with Crippen molar-refractivity contribution >= 4 is 17.8 Å². The van der Waals surface area contributed by atoms with Crippen molar-refractivity contribution in [3.05, 3.63) is 94.7 Å². The number of fused-ring (bicyclic) bond motifs is 1. The minimum absolute atomic E-state index is 0.203. The molecule has 1 aliphatic rings. The number of esters is 1. The highest BCUT2D eigenvalue weighted by Gasteiger charge is 2.28. The molecule has 5 nitrogen and oxygen atoms in total. The van der Waals surface area contributed by atoms with Crippen LogP contribution < -0.4 is 14.2 Å². The van der Waals surface area contributed by atoms with Gasteiger partial charge in [-0.1, -0.05) is 35.9 Å². The Morgan fingerprint density at radius 1 is 0.966 bits per heavy atom. The Hall–Kier alpha value is -3.86. The third-order valence-electron chi connectivity index (χ3n) is 4.53. The number of methoxy groups -OCH3 is 1. The predicted molar refractivity (Wildman–Crippen MR) is 109 cm³/mol. The first-order chi connectivity index (χ1) is 14.0. The summed E-state index contributed by atoms with van der Waals surface area (Å²) in [5.41, 5.74) is 2.80. The van der Waals surface area contributed by atoms with Gasteiger partial charge in [-0.25, -0.2) is 4.79 Å². The van der Waals surface area contributed by atoms with E-state index in [4.69, 9.17) is 14.2 Å². The molecule has 0 amide bonds. The van der Waals surface area contributed by atoms with E-state index >= 15 is 0 Å². The second-order valence-corrected chi connectivity index (χ2v) is 6.63. The zero-order valence-corrected chi connectivity index (χ0v) is 16.0. The number of rotatable bonds is 4. The van der Waals surface area contributed by atoms with E-state index in [2.05, 4.69) is 0 Å². The van der Waals surface area contributed by atoms with Crippen LogP contribution in [0.4, 0.5) is 0 Å². The third-order valence-corrected chi connectivity index (χ3v) is 4.53. The Labute approximate surface area is 168 Å². The van der Waals surface area contributed by atoms with Crippen LogP contribution in [-0.4, -0.2) is 18.9 Å². The number of ketones is 1. The molecule has 0 radical (unpaired) electrons. The summed E-state index contributed by atoms with van der Waals surface area (Å²) >= 11 is 0. The summed E-state index contributed by atoms with van der Waals surface area (Å²) in [6.45, 7) is 2.00. The van der Waals surface area contributed by atoms with Crippen molar-refractivity contribution in [1.82, 2.24) is 0 Å². The van der Waals surface area contributed by atoms with Crippen molar-refractivity contribution < 1.29 is 23.8 Å². The monoisotopic (exact) mass is 386 g/mol. The van der Waals surface area contributed by atoms with Gasteiger partial charge in [0, 0.05) is 6.07 Å². The highest BCUT2D eigenvalue weighted by molar-refractivity contribution is 6.14. The van der Waals surface area contributed by atoms with Crippen LogP contribution >= 0.6 is 0 Å². The maximum Gasteiger partial charge on any atom is 0.343 e. The Morgan fingerprint density at radius 2 is 1.76 bits per heavy atom. The molecule has 0 N–H and O–H groups in total. The number of hydrogen-bond donors (Lipinski definition) is 0. The molecule has 1 heterocycles. The quantitative estimate of drug-likeness (QED) is 0.365. The topological polar surface area (TPSA) is 61.8 Å². The van der Waals surface area contributed by atoms with E-state index in [1.807, 2.05) is 31.2 Å². The summed E-state index contributed by atoms with van der Waals surface area (Å²) in [6.07, 6.45) is 1.70. The largest absolute Gasteiger partial charge is 0.497 e. The lowest BCUT2D eigenvalue weighted by atomic mass is 10.1. The maximum atomic E-state index is 12.6. The highest BCUT2D eigenvalue weighted by Crippen LogP contribution is 2.35. The molecule has 144 valence electrons. The van der Waals surface area contributed by atoms with Crippen molar-refractivity contribution in [1.29, 1.82) is 0 Å². The molecule has 0 aliphatic carbocycles. The van der Waals surface area contributed by atoms with Crippen LogP contribution in [0.5, 0.6) is 17.2 Å². The van der Waals surface area contributed by atoms with E-state index in [1.54, 1.807) is 48.5 Å². The summed E-state index contributed by atoms with van der Waals surface area (Å²) in [6, 6.07) is 19.2. The maximum absolute atomic E-state index is 12.6. The summed E-state index contributed by atoms with van der Waals surface area (Å²) in [5, 5.41) is 0. The number of allylic oxidation sites excluding steroid dienone is 1. The predicted octanol–water partition coefficient (Wildman–Crippen LogP) is 4.84. The van der Waals surface area contributed by atoms with E-state index < -0.39 is 5.97 Å². The molecule has 5 heteroatoms. The van der Waals surface area contributed by atoms with Gasteiger partial charge < -0.3 is 14.2 Å². The SMILES string of the molecule is COc1cccc(C(=O)Oc2ccc3c(c2)OC(=Cc2ccc(C)cc2)C3=O)c1. The number of carbonyl (C=O) groups is 2. The average molecular weight is 386 g/mol. The lowest BCUT2D eigenvalue weighted by Gasteiger charge is -2.07. The molecule has 0 fully saturated rings. The van der Waals surface area contributed by atoms with Crippen LogP contribution in [0.1, 0.15) is 31.8 Å². The van der Waals surface area contributed by atoms with Crippen molar-refractivity contribution in [2.75, 3.05) is 7.11 Å². The van der Waals surface area contributed by atoms with Crippen LogP contribution in [0.15, 0.2) is 72.5 Å². The molecule has 29 heavy (non-hydrogen) atoms. The molecular weight excluding hydrogens is 368 g/mol. The molecule has 1 aliphatic heterocycles. The molecule has 4 rings (SSSR count). The first kappa shape index (κ1) is 18.5. The van der Waals surface area contributed by atoms with Gasteiger partial charge in [0.1, 0.15) is 17.2 Å². The molecule has 0 saturated heterocycles. The minimum atomic E-state index is -0.524. The van der Waals surface area contributed by atoms with Gasteiger partial charge in [0.2, 0.25) is 5.78 Å². The Kier molecular flexibility index (Phi) is 4.87. The molecule has 0 bridgehead atoms. The van der Waals surface area contributed by atoms with Crippen LogP contribution in [-0.2, 0) is 0 Å². The van der Waals surface area contributed by atoms with E-state index in [-0.39, 0.29) is 11.5 Å². The number of carbonyl (C=O) groups excluding carboxylic acids is 2. The smallest absolute Gasteiger partial charge is 0.343 e. The average Bonchev–Trinajstić information content (AvgIpc) is 3.04. The molecular formula is C24H18O5. The number of aryl methyl sites for hydroxylation is 1. The fourth-order valence-electron chi connectivity index (χ4n) is 2.96. The van der Waals surface area contributed by atoms with Crippen LogP contribution in [0.2, 0.25) is 0 Å². The molecule has 0 saturated carbocycles. The van der Waals surface area contributed by atoms with Gasteiger partial charge in [-0.05, 0) is 48.9 Å². The van der Waals surface area contributed by atoms with E-state index in [0.29, 0.717) is 28.4 Å². The minimum Gasteiger partial charge on any atom is -0.497 e. The fraction of sp³-hybridized carbons (Fsp3) is 0.0833. The van der Waals surface area contributed by atoms with Gasteiger partial charge in [-0.3, -0.25) is 4.79 Å². The second kappa shape index (κ2) is 7.64. The van der Waals surface area contributed by atoms with Gasteiger partial charge in [0.05, 0.1) is 18.2 Å². The summed E-state index contributed by atoms with van der Waals surface area (Å²) < 4.78 is 16.3. The lowest BCUT2D eigenvalue weighted by molar-refractivity contribution is 0.0734. The Morgan fingerprint density at radius 3 is 2.52 bits per heavy atom. The Balaban J connectivity index is 1.54. The van der Waals surface area contributed by atoms with Crippen molar-refractivity contribution in [3.63, 3.8) is 0 Å². The van der Waals surface area contributed by atoms with Crippen LogP contribution in [0.25, 0.3) is 6.08 Å². The van der Waals surface area contributed by atoms with Gasteiger partial charge in [0.15, 0.2) is 5.76 Å². The van der Waals surface area contributed by atoms with Crippen molar-refractivity contribution in [2.45, 2.75) is 6.92 Å². The third kappa shape index (κ3) is 3.89.